The van der Waals surface area contributed by atoms with Crippen LogP contribution in [0.4, 0.5) is 4.39 Å². The fourth-order valence-electron chi connectivity index (χ4n) is 1.29. The fourth-order valence-corrected chi connectivity index (χ4v) is 2.14. The second kappa shape index (κ2) is 4.02. The van der Waals surface area contributed by atoms with Gasteiger partial charge < -0.3 is 5.11 Å². The van der Waals surface area contributed by atoms with Crippen molar-refractivity contribution in [2.24, 2.45) is 0 Å². The van der Waals surface area contributed by atoms with Crippen LogP contribution in [-0.2, 0) is 0 Å². The molecule has 0 aliphatic carbocycles. The molecular weight excluding hydrogens is 229 g/mol. The number of benzene rings is 1. The number of nitrogens with zero attached hydrogens (tertiary/aromatic N) is 1. The summed E-state index contributed by atoms with van der Waals surface area (Å²) in [5.74, 6) is -0.925. The number of aromatic hydroxyl groups is 1. The monoisotopic (exact) mass is 237 g/mol. The molecule has 1 heterocycles. The minimum absolute atomic E-state index is 0.194. The predicted molar refractivity (Wildman–Crippen MR) is 59.2 cm³/mol. The molecule has 0 bridgehead atoms. The van der Waals surface area contributed by atoms with Crippen molar-refractivity contribution in [2.45, 2.75) is 6.92 Å². The van der Waals surface area contributed by atoms with Crippen molar-refractivity contribution >= 4 is 17.1 Å². The molecule has 2 rings (SSSR count). The first-order valence-corrected chi connectivity index (χ1v) is 5.36. The zero-order valence-electron chi connectivity index (χ0n) is 8.40. The Morgan fingerprint density at radius 2 is 2.25 bits per heavy atom. The van der Waals surface area contributed by atoms with Gasteiger partial charge in [-0.1, -0.05) is 12.1 Å². The molecule has 0 amide bonds. The van der Waals surface area contributed by atoms with Gasteiger partial charge in [0.05, 0.1) is 0 Å². The van der Waals surface area contributed by atoms with E-state index in [0.717, 1.165) is 11.3 Å². The van der Waals surface area contributed by atoms with Gasteiger partial charge in [0.2, 0.25) is 5.88 Å². The van der Waals surface area contributed by atoms with E-state index in [-0.39, 0.29) is 22.4 Å². The zero-order valence-corrected chi connectivity index (χ0v) is 9.21. The van der Waals surface area contributed by atoms with Crippen LogP contribution >= 0.6 is 11.3 Å². The molecule has 1 N–H and O–H groups in total. The molecule has 5 heteroatoms. The van der Waals surface area contributed by atoms with E-state index >= 15 is 0 Å². The van der Waals surface area contributed by atoms with Crippen LogP contribution in [0.3, 0.4) is 0 Å². The Labute approximate surface area is 95.2 Å². The van der Waals surface area contributed by atoms with Gasteiger partial charge in [0.15, 0.2) is 5.78 Å². The third-order valence-corrected chi connectivity index (χ3v) is 3.20. The van der Waals surface area contributed by atoms with Gasteiger partial charge in [0.1, 0.15) is 15.7 Å². The first kappa shape index (κ1) is 10.8. The largest absolute Gasteiger partial charge is 0.492 e. The van der Waals surface area contributed by atoms with E-state index in [1.165, 1.54) is 19.1 Å². The molecule has 0 spiro atoms. The fraction of sp³-hybridized carbons (Fsp3) is 0.0909. The molecule has 1 aromatic carbocycles. The summed E-state index contributed by atoms with van der Waals surface area (Å²) in [6, 6.07) is 5.85. The second-order valence-corrected chi connectivity index (χ2v) is 4.24. The maximum absolute atomic E-state index is 13.0. The maximum atomic E-state index is 13.0. The Balaban J connectivity index is 2.49. The molecule has 0 unspecified atom stereocenters. The number of thiazole rings is 1. The Kier molecular flexibility index (Phi) is 2.70. The minimum Gasteiger partial charge on any atom is -0.492 e. The van der Waals surface area contributed by atoms with Gasteiger partial charge in [0.25, 0.3) is 0 Å². The number of aromatic nitrogens is 1. The molecule has 0 aliphatic rings. The number of hydrogen-bond acceptors (Lipinski definition) is 4. The molecule has 0 saturated carbocycles. The third-order valence-electron chi connectivity index (χ3n) is 2.00. The zero-order chi connectivity index (χ0) is 11.7. The molecule has 16 heavy (non-hydrogen) atoms. The van der Waals surface area contributed by atoms with Crippen LogP contribution in [0.15, 0.2) is 24.3 Å². The number of halogens is 1. The molecular formula is C11H8FNO2S. The quantitative estimate of drug-likeness (QED) is 0.817. The second-order valence-electron chi connectivity index (χ2n) is 3.24. The Morgan fingerprint density at radius 1 is 1.50 bits per heavy atom. The normalized spacial score (nSPS) is 10.4. The summed E-state index contributed by atoms with van der Waals surface area (Å²) in [7, 11) is 0. The molecule has 82 valence electrons. The highest BCUT2D eigenvalue weighted by Gasteiger charge is 2.15. The smallest absolute Gasteiger partial charge is 0.233 e. The van der Waals surface area contributed by atoms with E-state index < -0.39 is 0 Å². The Hall–Kier alpha value is -1.75. The predicted octanol–water partition coefficient (Wildman–Crippen LogP) is 2.86. The van der Waals surface area contributed by atoms with Crippen molar-refractivity contribution in [3.05, 3.63) is 35.0 Å². The molecule has 3 nitrogen and oxygen atoms in total. The van der Waals surface area contributed by atoms with Crippen molar-refractivity contribution in [1.82, 2.24) is 4.98 Å². The number of ketones is 1. The summed E-state index contributed by atoms with van der Waals surface area (Å²) < 4.78 is 13.0. The van der Waals surface area contributed by atoms with Crippen LogP contribution in [0.1, 0.15) is 16.6 Å². The topological polar surface area (TPSA) is 50.2 Å². The van der Waals surface area contributed by atoms with Crippen LogP contribution in [0.5, 0.6) is 5.88 Å². The van der Waals surface area contributed by atoms with Crippen LogP contribution < -0.4 is 0 Å². The highest BCUT2D eigenvalue weighted by Crippen LogP contribution is 2.32. The summed E-state index contributed by atoms with van der Waals surface area (Å²) in [6.45, 7) is 1.35. The van der Waals surface area contributed by atoms with E-state index in [9.17, 15) is 14.3 Å². The minimum atomic E-state index is -0.378. The lowest BCUT2D eigenvalue weighted by Gasteiger charge is -1.94. The Morgan fingerprint density at radius 3 is 2.81 bits per heavy atom. The number of carbonyl (C=O) groups is 1. The van der Waals surface area contributed by atoms with Crippen molar-refractivity contribution < 1.29 is 14.3 Å². The summed E-state index contributed by atoms with van der Waals surface area (Å²) in [5, 5.41) is 9.85. The van der Waals surface area contributed by atoms with Crippen LogP contribution in [0, 0.1) is 5.82 Å². The van der Waals surface area contributed by atoms with Crippen LogP contribution in [0.25, 0.3) is 10.6 Å². The average molecular weight is 237 g/mol. The molecule has 0 atom stereocenters. The SMILES string of the molecule is CC(=O)c1sc(-c2cccc(F)c2)nc1O. The third kappa shape index (κ3) is 1.94. The summed E-state index contributed by atoms with van der Waals surface area (Å²) in [6.07, 6.45) is 0. The number of hydrogen-bond donors (Lipinski definition) is 1. The van der Waals surface area contributed by atoms with Crippen molar-refractivity contribution in [2.75, 3.05) is 0 Å². The highest BCUT2D eigenvalue weighted by atomic mass is 32.1. The number of Topliss-reactive ketones (excluding diaryl/α,β-unsaturated/α-hetero) is 1. The average Bonchev–Trinajstić information content (AvgIpc) is 2.60. The van der Waals surface area contributed by atoms with E-state index in [1.807, 2.05) is 0 Å². The Bertz CT molecular complexity index is 551. The van der Waals surface area contributed by atoms with Gasteiger partial charge in [-0.05, 0) is 12.1 Å². The first-order chi connectivity index (χ1) is 7.58. The van der Waals surface area contributed by atoms with Gasteiger partial charge in [-0.2, -0.15) is 0 Å². The van der Waals surface area contributed by atoms with E-state index in [0.29, 0.717) is 10.6 Å². The van der Waals surface area contributed by atoms with Gasteiger partial charge in [-0.15, -0.1) is 11.3 Å². The molecule has 0 saturated heterocycles. The highest BCUT2D eigenvalue weighted by molar-refractivity contribution is 7.17. The molecule has 2 aromatic rings. The molecule has 1 aromatic heterocycles. The lowest BCUT2D eigenvalue weighted by Crippen LogP contribution is -1.85. The molecule has 0 fully saturated rings. The summed E-state index contributed by atoms with van der Waals surface area (Å²) in [5.41, 5.74) is 0.549. The molecule has 0 aliphatic heterocycles. The summed E-state index contributed by atoms with van der Waals surface area (Å²) >= 11 is 1.05. The van der Waals surface area contributed by atoms with Gasteiger partial charge in [-0.25, -0.2) is 9.37 Å². The standard InChI is InChI=1S/C11H8FNO2S/c1-6(14)9-10(15)13-11(16-9)7-3-2-4-8(12)5-7/h2-5,15H,1H3. The van der Waals surface area contributed by atoms with Gasteiger partial charge >= 0.3 is 0 Å². The number of carbonyl (C=O) groups excluding carboxylic acids is 1. The van der Waals surface area contributed by atoms with Gasteiger partial charge in [0, 0.05) is 12.5 Å². The first-order valence-electron chi connectivity index (χ1n) is 4.54. The van der Waals surface area contributed by atoms with Gasteiger partial charge in [-0.3, -0.25) is 4.79 Å². The lowest BCUT2D eigenvalue weighted by atomic mass is 10.2. The van der Waals surface area contributed by atoms with Crippen molar-refractivity contribution in [3.8, 4) is 16.5 Å². The van der Waals surface area contributed by atoms with Crippen molar-refractivity contribution in [1.29, 1.82) is 0 Å². The van der Waals surface area contributed by atoms with Crippen LogP contribution in [-0.4, -0.2) is 15.9 Å². The van der Waals surface area contributed by atoms with E-state index in [2.05, 4.69) is 4.98 Å². The van der Waals surface area contributed by atoms with E-state index in [4.69, 9.17) is 0 Å². The maximum Gasteiger partial charge on any atom is 0.233 e. The van der Waals surface area contributed by atoms with E-state index in [1.54, 1.807) is 12.1 Å². The molecule has 0 radical (unpaired) electrons. The lowest BCUT2D eigenvalue weighted by molar-refractivity contribution is 0.101. The number of rotatable bonds is 2. The van der Waals surface area contributed by atoms with Crippen molar-refractivity contribution in [3.63, 3.8) is 0 Å². The van der Waals surface area contributed by atoms with Crippen LogP contribution in [0.2, 0.25) is 0 Å². The summed E-state index contributed by atoms with van der Waals surface area (Å²) in [4.78, 5) is 15.1.